The van der Waals surface area contributed by atoms with Crippen molar-refractivity contribution in [3.8, 4) is 11.1 Å². The van der Waals surface area contributed by atoms with Crippen molar-refractivity contribution < 1.29 is 9.53 Å². The van der Waals surface area contributed by atoms with Crippen LogP contribution in [0.4, 0.5) is 0 Å². The zero-order valence-electron chi connectivity index (χ0n) is 17.8. The molecule has 0 aliphatic heterocycles. The zero-order valence-corrected chi connectivity index (χ0v) is 19.3. The minimum absolute atomic E-state index is 0.118. The van der Waals surface area contributed by atoms with E-state index in [0.717, 1.165) is 26.9 Å². The molecule has 31 heavy (non-hydrogen) atoms. The van der Waals surface area contributed by atoms with Gasteiger partial charge in [0, 0.05) is 37.0 Å². The van der Waals surface area contributed by atoms with Gasteiger partial charge in [0.25, 0.3) is 5.91 Å². The molecule has 1 amide bonds. The van der Waals surface area contributed by atoms with Crippen molar-refractivity contribution in [1.29, 1.82) is 0 Å². The Labute approximate surface area is 190 Å². The average molecular weight is 457 g/mol. The number of fused-ring (bicyclic) bond motifs is 1. The number of amides is 1. The maximum Gasteiger partial charge on any atom is 0.283 e. The number of carbonyl (C=O) groups is 1. The molecule has 8 heteroatoms. The third-order valence-corrected chi connectivity index (χ3v) is 5.76. The van der Waals surface area contributed by atoms with E-state index >= 15 is 0 Å². The third kappa shape index (κ3) is 5.70. The number of rotatable bonds is 7. The number of nitrogens with one attached hydrogen (secondary N) is 1. The summed E-state index contributed by atoms with van der Waals surface area (Å²) in [6.07, 6.45) is 3.61. The van der Waals surface area contributed by atoms with Gasteiger partial charge in [-0.1, -0.05) is 43.6 Å². The van der Waals surface area contributed by atoms with Crippen LogP contribution < -0.4 is 0 Å². The van der Waals surface area contributed by atoms with E-state index in [1.54, 1.807) is 18.2 Å². The van der Waals surface area contributed by atoms with Crippen LogP contribution in [0.15, 0.2) is 54.9 Å². The Morgan fingerprint density at radius 2 is 2.03 bits per heavy atom. The topological polar surface area (TPSA) is 71.1 Å². The number of hydrogen-bond donors (Lipinski definition) is 1. The van der Waals surface area contributed by atoms with Gasteiger partial charge >= 0.3 is 0 Å². The number of H-pyrrole nitrogens is 1. The molecular formula is C23H25ClN4O2S. The Morgan fingerprint density at radius 3 is 2.74 bits per heavy atom. The van der Waals surface area contributed by atoms with E-state index in [1.807, 2.05) is 62.5 Å². The molecule has 0 aliphatic rings. The number of aromatic amines is 1. The van der Waals surface area contributed by atoms with Crippen molar-refractivity contribution in [3.63, 3.8) is 0 Å². The lowest BCUT2D eigenvalue weighted by molar-refractivity contribution is 0.0680. The average Bonchev–Trinajstić information content (AvgIpc) is 3.47. The van der Waals surface area contributed by atoms with Gasteiger partial charge in [-0.2, -0.15) is 5.10 Å². The molecule has 1 N–H and O–H groups in total. The highest BCUT2D eigenvalue weighted by molar-refractivity contribution is 7.20. The molecule has 0 aliphatic carbocycles. The van der Waals surface area contributed by atoms with Crippen LogP contribution in [0.2, 0.25) is 5.02 Å². The van der Waals surface area contributed by atoms with Gasteiger partial charge in [-0.3, -0.25) is 9.89 Å². The highest BCUT2D eigenvalue weighted by Crippen LogP contribution is 2.28. The fourth-order valence-electron chi connectivity index (χ4n) is 3.05. The van der Waals surface area contributed by atoms with Crippen LogP contribution in [0, 0.1) is 0 Å². The van der Waals surface area contributed by atoms with Gasteiger partial charge in [0.15, 0.2) is 5.01 Å². The van der Waals surface area contributed by atoms with Gasteiger partial charge in [-0.05, 0) is 35.4 Å². The summed E-state index contributed by atoms with van der Waals surface area (Å²) in [6.45, 7) is 5.36. The molecule has 2 aromatic carbocycles. The fraction of sp³-hybridized carbons (Fsp3) is 0.261. The van der Waals surface area contributed by atoms with Gasteiger partial charge in [0.05, 0.1) is 23.0 Å². The number of benzene rings is 2. The first kappa shape index (κ1) is 22.9. The summed E-state index contributed by atoms with van der Waals surface area (Å²) in [5.41, 5.74) is 3.80. The lowest BCUT2D eigenvalue weighted by atomic mass is 10.1. The second-order valence-corrected chi connectivity index (χ2v) is 8.01. The van der Waals surface area contributed by atoms with Crippen molar-refractivity contribution in [2.75, 3.05) is 20.3 Å². The minimum atomic E-state index is -0.118. The van der Waals surface area contributed by atoms with Gasteiger partial charge in [0.2, 0.25) is 0 Å². The molecular weight excluding hydrogens is 432 g/mol. The lowest BCUT2D eigenvalue weighted by Gasteiger charge is -2.21. The summed E-state index contributed by atoms with van der Waals surface area (Å²) < 4.78 is 6.15. The predicted octanol–water partition coefficient (Wildman–Crippen LogP) is 5.65. The van der Waals surface area contributed by atoms with E-state index in [9.17, 15) is 4.79 Å². The lowest BCUT2D eigenvalue weighted by Crippen LogP contribution is -2.33. The van der Waals surface area contributed by atoms with Gasteiger partial charge in [-0.25, -0.2) is 4.98 Å². The van der Waals surface area contributed by atoms with E-state index in [0.29, 0.717) is 29.7 Å². The maximum absolute atomic E-state index is 13.2. The molecule has 6 nitrogen and oxygen atoms in total. The zero-order chi connectivity index (χ0) is 22.2. The number of thiazole rings is 1. The number of nitrogens with zero attached hydrogens (tertiary/aromatic N) is 3. The van der Waals surface area contributed by atoms with Crippen molar-refractivity contribution in [3.05, 3.63) is 70.5 Å². The highest BCUT2D eigenvalue weighted by atomic mass is 35.5. The van der Waals surface area contributed by atoms with Gasteiger partial charge in [0.1, 0.15) is 0 Å². The fourth-order valence-corrected chi connectivity index (χ4v) is 4.24. The van der Waals surface area contributed by atoms with E-state index < -0.39 is 0 Å². The molecule has 0 unspecified atom stereocenters. The molecule has 0 spiro atoms. The molecule has 2 heterocycles. The van der Waals surface area contributed by atoms with Crippen LogP contribution in [-0.2, 0) is 11.3 Å². The second-order valence-electron chi connectivity index (χ2n) is 6.54. The molecule has 2 aromatic heterocycles. The first-order chi connectivity index (χ1) is 15.1. The molecule has 4 rings (SSSR count). The van der Waals surface area contributed by atoms with Crippen LogP contribution in [0.3, 0.4) is 0 Å². The summed E-state index contributed by atoms with van der Waals surface area (Å²) in [5, 5.41) is 7.91. The Kier molecular flexibility index (Phi) is 8.17. The van der Waals surface area contributed by atoms with Gasteiger partial charge in [-0.15, -0.1) is 11.3 Å². The number of carbonyl (C=O) groups excluding carboxylic acids is 1. The largest absolute Gasteiger partial charge is 0.383 e. The Hall–Kier alpha value is -2.74. The molecule has 4 aromatic rings. The monoisotopic (exact) mass is 456 g/mol. The van der Waals surface area contributed by atoms with E-state index in [2.05, 4.69) is 15.2 Å². The smallest absolute Gasteiger partial charge is 0.283 e. The Balaban J connectivity index is 0.00000132. The molecule has 0 radical (unpaired) electrons. The summed E-state index contributed by atoms with van der Waals surface area (Å²) in [6, 6.07) is 13.5. The first-order valence-corrected chi connectivity index (χ1v) is 11.3. The highest BCUT2D eigenvalue weighted by Gasteiger charge is 2.20. The summed E-state index contributed by atoms with van der Waals surface area (Å²) in [7, 11) is 1.62. The molecule has 0 fully saturated rings. The van der Waals surface area contributed by atoms with Crippen molar-refractivity contribution in [1.82, 2.24) is 20.1 Å². The number of ether oxygens (including phenoxy) is 1. The number of aromatic nitrogens is 3. The van der Waals surface area contributed by atoms with Crippen LogP contribution in [0.5, 0.6) is 0 Å². The van der Waals surface area contributed by atoms with Crippen LogP contribution in [0.25, 0.3) is 21.3 Å². The molecule has 0 bridgehead atoms. The van der Waals surface area contributed by atoms with Crippen LogP contribution >= 0.6 is 22.9 Å². The number of methoxy groups -OCH3 is 1. The van der Waals surface area contributed by atoms with Crippen molar-refractivity contribution >= 4 is 39.1 Å². The molecule has 162 valence electrons. The summed E-state index contributed by atoms with van der Waals surface area (Å²) in [5.74, 6) is -0.118. The number of halogens is 1. The SMILES string of the molecule is CC.COCCN(Cc1cccc(Cl)c1)C(=O)c1nc2ccc(-c3cn[nH]c3)cc2s1. The summed E-state index contributed by atoms with van der Waals surface area (Å²) in [4.78, 5) is 19.5. The van der Waals surface area contributed by atoms with Gasteiger partial charge < -0.3 is 9.64 Å². The number of hydrogen-bond acceptors (Lipinski definition) is 5. The van der Waals surface area contributed by atoms with Crippen LogP contribution in [0.1, 0.15) is 29.2 Å². The molecule has 0 saturated heterocycles. The van der Waals surface area contributed by atoms with E-state index in [4.69, 9.17) is 16.3 Å². The molecule has 0 atom stereocenters. The Bertz CT molecular complexity index is 1130. The van der Waals surface area contributed by atoms with E-state index in [1.165, 1.54) is 11.3 Å². The van der Waals surface area contributed by atoms with Crippen molar-refractivity contribution in [2.45, 2.75) is 20.4 Å². The molecule has 0 saturated carbocycles. The summed E-state index contributed by atoms with van der Waals surface area (Å²) >= 11 is 7.49. The predicted molar refractivity (Wildman–Crippen MR) is 127 cm³/mol. The van der Waals surface area contributed by atoms with E-state index in [-0.39, 0.29) is 5.91 Å². The quantitative estimate of drug-likeness (QED) is 0.389. The standard InChI is InChI=1S/C21H19ClN4O2S.C2H6/c1-28-8-7-26(13-14-3-2-4-17(22)9-14)21(27)20-25-18-6-5-15(10-19(18)29-20)16-11-23-24-12-16;1-2/h2-6,9-12H,7-8,13H2,1H3,(H,23,24);1-2H3. The van der Waals surface area contributed by atoms with Crippen LogP contribution in [-0.4, -0.2) is 46.2 Å². The van der Waals surface area contributed by atoms with Crippen molar-refractivity contribution in [2.24, 2.45) is 0 Å². The third-order valence-electron chi connectivity index (χ3n) is 4.52. The maximum atomic E-state index is 13.2. The second kappa shape index (κ2) is 11.0. The minimum Gasteiger partial charge on any atom is -0.383 e. The Morgan fingerprint density at radius 1 is 1.19 bits per heavy atom. The first-order valence-electron chi connectivity index (χ1n) is 10.1. The normalized spacial score (nSPS) is 10.6.